The largest absolute Gasteiger partial charge is 0.494 e. The molecule has 0 bridgehead atoms. The van der Waals surface area contributed by atoms with Crippen LogP contribution in [0.1, 0.15) is 22.8 Å². The molecule has 6 heteroatoms. The number of imidazole rings is 1. The molecule has 0 atom stereocenters. The predicted octanol–water partition coefficient (Wildman–Crippen LogP) is 3.96. The number of nitrogens with zero attached hydrogens (tertiary/aromatic N) is 2. The van der Waals surface area contributed by atoms with Crippen LogP contribution in [0.2, 0.25) is 0 Å². The summed E-state index contributed by atoms with van der Waals surface area (Å²) in [5.41, 5.74) is 3.75. The first-order valence-corrected chi connectivity index (χ1v) is 9.11. The number of aromatic amines is 1. The van der Waals surface area contributed by atoms with Gasteiger partial charge in [0.15, 0.2) is 5.16 Å². The molecule has 0 radical (unpaired) electrons. The van der Waals surface area contributed by atoms with Gasteiger partial charge in [-0.05, 0) is 36.8 Å². The fraction of sp³-hybridized carbons (Fsp3) is 0.263. The van der Waals surface area contributed by atoms with Crippen LogP contribution in [0, 0.1) is 0 Å². The zero-order valence-corrected chi connectivity index (χ0v) is 15.4. The summed E-state index contributed by atoms with van der Waals surface area (Å²) in [5, 5.41) is 0.872. The lowest BCUT2D eigenvalue weighted by Gasteiger charge is -2.10. The maximum Gasteiger partial charge on any atom is 0.253 e. The van der Waals surface area contributed by atoms with Crippen LogP contribution >= 0.6 is 11.8 Å². The second-order valence-corrected chi connectivity index (χ2v) is 6.80. The predicted molar refractivity (Wildman–Crippen MR) is 101 cm³/mol. The molecule has 1 aromatic heterocycles. The van der Waals surface area contributed by atoms with E-state index in [1.165, 1.54) is 0 Å². The van der Waals surface area contributed by atoms with Crippen LogP contribution in [-0.2, 0) is 5.75 Å². The number of fused-ring (bicyclic) bond motifs is 1. The van der Waals surface area contributed by atoms with Crippen LogP contribution in [0.25, 0.3) is 11.0 Å². The molecular weight excluding hydrogens is 334 g/mol. The van der Waals surface area contributed by atoms with E-state index >= 15 is 0 Å². The molecular formula is C19H21N3O2S. The molecule has 3 aromatic rings. The number of hydrogen-bond donors (Lipinski definition) is 1. The molecule has 2 aromatic carbocycles. The van der Waals surface area contributed by atoms with Crippen molar-refractivity contribution in [3.63, 3.8) is 0 Å². The highest BCUT2D eigenvalue weighted by atomic mass is 32.2. The summed E-state index contributed by atoms with van der Waals surface area (Å²) >= 11 is 1.64. The zero-order chi connectivity index (χ0) is 17.8. The number of aromatic nitrogens is 2. The van der Waals surface area contributed by atoms with Gasteiger partial charge >= 0.3 is 0 Å². The minimum atomic E-state index is 0.0154. The number of thioether (sulfide) groups is 1. The number of benzene rings is 2. The maximum atomic E-state index is 11.9. The quantitative estimate of drug-likeness (QED) is 0.680. The standard InChI is InChI=1S/C19H21N3O2S/c1-4-24-15-9-10-16-17(11-15)21-19(20-16)25-12-13-5-7-14(8-6-13)18(23)22(2)3/h5-11H,4,12H2,1-3H3,(H,20,21). The summed E-state index contributed by atoms with van der Waals surface area (Å²) in [7, 11) is 3.51. The second kappa shape index (κ2) is 7.61. The fourth-order valence-corrected chi connectivity index (χ4v) is 3.28. The van der Waals surface area contributed by atoms with Crippen molar-refractivity contribution in [1.29, 1.82) is 0 Å². The lowest BCUT2D eigenvalue weighted by Crippen LogP contribution is -2.21. The number of carbonyl (C=O) groups is 1. The average molecular weight is 355 g/mol. The Morgan fingerprint density at radius 2 is 1.96 bits per heavy atom. The van der Waals surface area contributed by atoms with Gasteiger partial charge in [-0.25, -0.2) is 4.98 Å². The van der Waals surface area contributed by atoms with Gasteiger partial charge in [-0.3, -0.25) is 4.79 Å². The molecule has 25 heavy (non-hydrogen) atoms. The van der Waals surface area contributed by atoms with Crippen LogP contribution in [0.3, 0.4) is 0 Å². The summed E-state index contributed by atoms with van der Waals surface area (Å²) in [4.78, 5) is 21.4. The van der Waals surface area contributed by atoms with Crippen LogP contribution in [-0.4, -0.2) is 41.5 Å². The van der Waals surface area contributed by atoms with Crippen molar-refractivity contribution in [2.75, 3.05) is 20.7 Å². The van der Waals surface area contributed by atoms with Crippen molar-refractivity contribution >= 4 is 28.7 Å². The molecule has 1 heterocycles. The molecule has 0 unspecified atom stereocenters. The van der Waals surface area contributed by atoms with Gasteiger partial charge in [0.25, 0.3) is 5.91 Å². The summed E-state index contributed by atoms with van der Waals surface area (Å²) in [5.74, 6) is 1.65. The molecule has 0 aliphatic heterocycles. The molecule has 0 fully saturated rings. The Bertz CT molecular complexity index is 872. The molecule has 0 saturated heterocycles. The van der Waals surface area contributed by atoms with Crippen LogP contribution in [0.15, 0.2) is 47.6 Å². The number of H-pyrrole nitrogens is 1. The van der Waals surface area contributed by atoms with Crippen LogP contribution in [0.5, 0.6) is 5.75 Å². The van der Waals surface area contributed by atoms with Crippen molar-refractivity contribution in [1.82, 2.24) is 14.9 Å². The monoisotopic (exact) mass is 355 g/mol. The van der Waals surface area contributed by atoms with E-state index in [-0.39, 0.29) is 5.91 Å². The van der Waals surface area contributed by atoms with E-state index in [0.29, 0.717) is 12.2 Å². The third kappa shape index (κ3) is 4.14. The van der Waals surface area contributed by atoms with Crippen LogP contribution < -0.4 is 4.74 Å². The van der Waals surface area contributed by atoms with Crippen molar-refractivity contribution in [3.8, 4) is 5.75 Å². The molecule has 5 nitrogen and oxygen atoms in total. The molecule has 0 saturated carbocycles. The van der Waals surface area contributed by atoms with E-state index in [9.17, 15) is 4.79 Å². The Kier molecular flexibility index (Phi) is 5.28. The first kappa shape index (κ1) is 17.4. The number of ether oxygens (including phenoxy) is 1. The van der Waals surface area contributed by atoms with Gasteiger partial charge in [0.2, 0.25) is 0 Å². The molecule has 0 aliphatic carbocycles. The van der Waals surface area contributed by atoms with Gasteiger partial charge in [-0.2, -0.15) is 0 Å². The minimum absolute atomic E-state index is 0.0154. The number of hydrogen-bond acceptors (Lipinski definition) is 4. The normalized spacial score (nSPS) is 10.8. The van der Waals surface area contributed by atoms with E-state index in [1.54, 1.807) is 30.8 Å². The third-order valence-corrected chi connectivity index (χ3v) is 4.67. The third-order valence-electron chi connectivity index (χ3n) is 3.73. The summed E-state index contributed by atoms with van der Waals surface area (Å²) in [6.45, 7) is 2.61. The Labute approximate surface area is 151 Å². The average Bonchev–Trinajstić information content (AvgIpc) is 3.02. The van der Waals surface area contributed by atoms with E-state index < -0.39 is 0 Å². The van der Waals surface area contributed by atoms with E-state index in [2.05, 4.69) is 9.97 Å². The Morgan fingerprint density at radius 1 is 1.20 bits per heavy atom. The Balaban J connectivity index is 1.67. The summed E-state index contributed by atoms with van der Waals surface area (Å²) in [6.07, 6.45) is 0. The molecule has 130 valence electrons. The molecule has 1 N–H and O–H groups in total. The van der Waals surface area contributed by atoms with Gasteiger partial charge in [0, 0.05) is 31.5 Å². The highest BCUT2D eigenvalue weighted by Gasteiger charge is 2.08. The van der Waals surface area contributed by atoms with Gasteiger partial charge in [0.05, 0.1) is 17.6 Å². The van der Waals surface area contributed by atoms with Crippen molar-refractivity contribution in [2.24, 2.45) is 0 Å². The van der Waals surface area contributed by atoms with E-state index in [1.807, 2.05) is 49.4 Å². The Morgan fingerprint density at radius 3 is 2.64 bits per heavy atom. The fourth-order valence-electron chi connectivity index (χ4n) is 2.44. The summed E-state index contributed by atoms with van der Waals surface area (Å²) < 4.78 is 5.51. The number of carbonyl (C=O) groups excluding carboxylic acids is 1. The maximum absolute atomic E-state index is 11.9. The second-order valence-electron chi connectivity index (χ2n) is 5.84. The number of amides is 1. The molecule has 3 rings (SSSR count). The Hall–Kier alpha value is -2.47. The van der Waals surface area contributed by atoms with Crippen molar-refractivity contribution < 1.29 is 9.53 Å². The first-order valence-electron chi connectivity index (χ1n) is 8.13. The highest BCUT2D eigenvalue weighted by molar-refractivity contribution is 7.98. The minimum Gasteiger partial charge on any atom is -0.494 e. The topological polar surface area (TPSA) is 58.2 Å². The summed E-state index contributed by atoms with van der Waals surface area (Å²) in [6, 6.07) is 13.6. The van der Waals surface area contributed by atoms with Crippen LogP contribution in [0.4, 0.5) is 0 Å². The number of rotatable bonds is 6. The van der Waals surface area contributed by atoms with Gasteiger partial charge < -0.3 is 14.6 Å². The molecule has 0 spiro atoms. The zero-order valence-electron chi connectivity index (χ0n) is 14.6. The van der Waals surface area contributed by atoms with E-state index in [0.717, 1.165) is 33.3 Å². The first-order chi connectivity index (χ1) is 12.1. The number of nitrogens with one attached hydrogen (secondary N) is 1. The van der Waals surface area contributed by atoms with E-state index in [4.69, 9.17) is 4.74 Å². The lowest BCUT2D eigenvalue weighted by molar-refractivity contribution is 0.0827. The van der Waals surface area contributed by atoms with Crippen molar-refractivity contribution in [2.45, 2.75) is 17.8 Å². The molecule has 0 aliphatic rings. The van der Waals surface area contributed by atoms with Gasteiger partial charge in [-0.1, -0.05) is 23.9 Å². The lowest BCUT2D eigenvalue weighted by atomic mass is 10.1. The van der Waals surface area contributed by atoms with Gasteiger partial charge in [-0.15, -0.1) is 0 Å². The molecule has 1 amide bonds. The van der Waals surface area contributed by atoms with Gasteiger partial charge in [0.1, 0.15) is 5.75 Å². The van der Waals surface area contributed by atoms with Crippen molar-refractivity contribution in [3.05, 3.63) is 53.6 Å². The SMILES string of the molecule is CCOc1ccc2nc(SCc3ccc(C(=O)N(C)C)cc3)[nH]c2c1. The highest BCUT2D eigenvalue weighted by Crippen LogP contribution is 2.25. The smallest absolute Gasteiger partial charge is 0.253 e.